The highest BCUT2D eigenvalue weighted by molar-refractivity contribution is 5.92. The van der Waals surface area contributed by atoms with Gasteiger partial charge < -0.3 is 14.7 Å². The Morgan fingerprint density at radius 1 is 1.21 bits per heavy atom. The number of oxime groups is 1. The van der Waals surface area contributed by atoms with Crippen LogP contribution in [0.1, 0.15) is 36.1 Å². The van der Waals surface area contributed by atoms with E-state index in [2.05, 4.69) is 5.16 Å². The first kappa shape index (κ1) is 20.8. The van der Waals surface area contributed by atoms with Crippen LogP contribution in [-0.4, -0.2) is 22.4 Å². The third-order valence-corrected chi connectivity index (χ3v) is 4.54. The minimum Gasteiger partial charge on any atom is -0.478 e. The molecule has 0 bridgehead atoms. The molecule has 3 rings (SSSR count). The Bertz CT molecular complexity index is 910. The molecule has 2 unspecified atom stereocenters. The zero-order valence-electron chi connectivity index (χ0n) is 15.2. The van der Waals surface area contributed by atoms with Crippen molar-refractivity contribution >= 4 is 11.7 Å². The van der Waals surface area contributed by atoms with Gasteiger partial charge >= 0.3 is 12.1 Å². The maximum Gasteiger partial charge on any atom is 0.416 e. The predicted molar refractivity (Wildman–Crippen MR) is 94.6 cm³/mol. The maximum absolute atomic E-state index is 13.1. The van der Waals surface area contributed by atoms with Gasteiger partial charge in [0.05, 0.1) is 17.9 Å². The van der Waals surface area contributed by atoms with Crippen LogP contribution in [0.15, 0.2) is 53.7 Å². The van der Waals surface area contributed by atoms with Gasteiger partial charge in [0, 0.05) is 6.42 Å². The molecule has 5 nitrogen and oxygen atoms in total. The Morgan fingerprint density at radius 2 is 1.83 bits per heavy atom. The highest BCUT2D eigenvalue weighted by atomic mass is 19.4. The van der Waals surface area contributed by atoms with Crippen molar-refractivity contribution in [2.45, 2.75) is 37.8 Å². The van der Waals surface area contributed by atoms with Gasteiger partial charge in [0.15, 0.2) is 0 Å². The van der Waals surface area contributed by atoms with E-state index in [4.69, 9.17) is 9.57 Å². The molecule has 2 atom stereocenters. The van der Waals surface area contributed by atoms with E-state index in [-0.39, 0.29) is 18.6 Å². The SMILES string of the molecule is CC1=NOC(C(=O)O)(C(OCc2ccc(F)cc2)c2ccc(C(F)(F)F)cc2)C1. The molecular formula is C20H17F4NO4. The number of ether oxygens (including phenoxy) is 1. The van der Waals surface area contributed by atoms with Crippen molar-refractivity contribution in [3.8, 4) is 0 Å². The summed E-state index contributed by atoms with van der Waals surface area (Å²) in [5.74, 6) is -1.81. The first-order valence-electron chi connectivity index (χ1n) is 8.60. The predicted octanol–water partition coefficient (Wildman–Crippen LogP) is 4.72. The van der Waals surface area contributed by atoms with Gasteiger partial charge in [-0.25, -0.2) is 9.18 Å². The molecule has 0 aromatic heterocycles. The van der Waals surface area contributed by atoms with E-state index in [1.165, 1.54) is 24.3 Å². The fraction of sp³-hybridized carbons (Fsp3) is 0.300. The van der Waals surface area contributed by atoms with E-state index in [9.17, 15) is 27.5 Å². The molecule has 2 aromatic rings. The van der Waals surface area contributed by atoms with Gasteiger partial charge in [0.25, 0.3) is 5.60 Å². The monoisotopic (exact) mass is 411 g/mol. The number of nitrogens with zero attached hydrogens (tertiary/aromatic N) is 1. The second kappa shape index (κ2) is 7.82. The zero-order chi connectivity index (χ0) is 21.2. The Kier molecular flexibility index (Phi) is 5.61. The summed E-state index contributed by atoms with van der Waals surface area (Å²) in [4.78, 5) is 17.3. The van der Waals surface area contributed by atoms with Crippen molar-refractivity contribution in [2.24, 2.45) is 5.16 Å². The standard InChI is InChI=1S/C20H17F4NO4/c1-12-10-19(18(26)27,29-25-12)17(28-11-13-2-8-16(21)9-3-13)14-4-6-15(7-5-14)20(22,23)24/h2-9,17H,10-11H2,1H3,(H,26,27). The van der Waals surface area contributed by atoms with E-state index in [0.717, 1.165) is 24.3 Å². The molecule has 0 spiro atoms. The molecule has 0 saturated heterocycles. The highest BCUT2D eigenvalue weighted by Crippen LogP contribution is 2.41. The van der Waals surface area contributed by atoms with Crippen molar-refractivity contribution in [3.05, 3.63) is 71.0 Å². The minimum absolute atomic E-state index is 0.0998. The minimum atomic E-state index is -4.53. The summed E-state index contributed by atoms with van der Waals surface area (Å²) in [7, 11) is 0. The lowest BCUT2D eigenvalue weighted by atomic mass is 9.86. The van der Waals surface area contributed by atoms with Crippen LogP contribution < -0.4 is 0 Å². The average Bonchev–Trinajstić information content (AvgIpc) is 3.06. The Hall–Kier alpha value is -2.94. The molecule has 1 aliphatic rings. The highest BCUT2D eigenvalue weighted by Gasteiger charge is 2.54. The lowest BCUT2D eigenvalue weighted by Gasteiger charge is -2.31. The normalized spacial score (nSPS) is 20.1. The number of halogens is 4. The van der Waals surface area contributed by atoms with Gasteiger partial charge in [-0.2, -0.15) is 13.2 Å². The summed E-state index contributed by atoms with van der Waals surface area (Å²) >= 11 is 0. The van der Waals surface area contributed by atoms with Gasteiger partial charge in [0.2, 0.25) is 0 Å². The lowest BCUT2D eigenvalue weighted by molar-refractivity contribution is -0.187. The Balaban J connectivity index is 1.94. The van der Waals surface area contributed by atoms with Crippen LogP contribution in [0, 0.1) is 5.82 Å². The van der Waals surface area contributed by atoms with Crippen molar-refractivity contribution in [2.75, 3.05) is 0 Å². The third-order valence-electron chi connectivity index (χ3n) is 4.54. The molecule has 0 aliphatic carbocycles. The fourth-order valence-electron chi connectivity index (χ4n) is 3.08. The second-order valence-electron chi connectivity index (χ2n) is 6.73. The van der Waals surface area contributed by atoms with Gasteiger partial charge in [-0.15, -0.1) is 0 Å². The number of alkyl halides is 3. The first-order chi connectivity index (χ1) is 13.6. The number of carbonyl (C=O) groups is 1. The summed E-state index contributed by atoms with van der Waals surface area (Å²) in [6.07, 6.45) is -5.89. The smallest absolute Gasteiger partial charge is 0.416 e. The molecule has 0 radical (unpaired) electrons. The zero-order valence-corrected chi connectivity index (χ0v) is 15.2. The molecular weight excluding hydrogens is 394 g/mol. The first-order valence-corrected chi connectivity index (χ1v) is 8.60. The molecule has 0 fully saturated rings. The van der Waals surface area contributed by atoms with Crippen molar-refractivity contribution in [1.29, 1.82) is 0 Å². The molecule has 9 heteroatoms. The molecule has 1 heterocycles. The van der Waals surface area contributed by atoms with E-state index in [1.807, 2.05) is 0 Å². The van der Waals surface area contributed by atoms with Crippen LogP contribution in [-0.2, 0) is 27.2 Å². The maximum atomic E-state index is 13.1. The van der Waals surface area contributed by atoms with Crippen molar-refractivity contribution in [3.63, 3.8) is 0 Å². The summed E-state index contributed by atoms with van der Waals surface area (Å²) in [6, 6.07) is 9.37. The number of benzene rings is 2. The number of carboxylic acid groups (broad SMARTS) is 1. The summed E-state index contributed by atoms with van der Waals surface area (Å²) in [5.41, 5.74) is -1.64. The Labute approximate surface area is 163 Å². The van der Waals surface area contributed by atoms with E-state index >= 15 is 0 Å². The summed E-state index contributed by atoms with van der Waals surface area (Å²) in [6.45, 7) is 1.47. The number of rotatable bonds is 6. The molecule has 29 heavy (non-hydrogen) atoms. The average molecular weight is 411 g/mol. The van der Waals surface area contributed by atoms with Crippen LogP contribution >= 0.6 is 0 Å². The summed E-state index contributed by atoms with van der Waals surface area (Å²) < 4.78 is 57.5. The quantitative estimate of drug-likeness (QED) is 0.699. The number of aliphatic carboxylic acids is 1. The van der Waals surface area contributed by atoms with Gasteiger partial charge in [-0.3, -0.25) is 0 Å². The number of carboxylic acids is 1. The lowest BCUT2D eigenvalue weighted by Crippen LogP contribution is -2.46. The van der Waals surface area contributed by atoms with Crippen LogP contribution in [0.2, 0.25) is 0 Å². The fourth-order valence-corrected chi connectivity index (χ4v) is 3.08. The van der Waals surface area contributed by atoms with Gasteiger partial charge in [0.1, 0.15) is 11.9 Å². The summed E-state index contributed by atoms with van der Waals surface area (Å²) in [5, 5.41) is 13.5. The molecule has 2 aromatic carbocycles. The van der Waals surface area contributed by atoms with Crippen LogP contribution in [0.3, 0.4) is 0 Å². The van der Waals surface area contributed by atoms with Crippen LogP contribution in [0.4, 0.5) is 17.6 Å². The molecule has 0 amide bonds. The van der Waals surface area contributed by atoms with Crippen LogP contribution in [0.5, 0.6) is 0 Å². The van der Waals surface area contributed by atoms with Crippen molar-refractivity contribution in [1.82, 2.24) is 0 Å². The van der Waals surface area contributed by atoms with E-state index < -0.39 is 35.2 Å². The van der Waals surface area contributed by atoms with Crippen LogP contribution in [0.25, 0.3) is 0 Å². The number of hydrogen-bond donors (Lipinski definition) is 1. The van der Waals surface area contributed by atoms with Gasteiger partial charge in [-0.1, -0.05) is 29.4 Å². The molecule has 154 valence electrons. The molecule has 1 aliphatic heterocycles. The Morgan fingerprint density at radius 3 is 2.31 bits per heavy atom. The third kappa shape index (κ3) is 4.40. The second-order valence-corrected chi connectivity index (χ2v) is 6.73. The molecule has 0 saturated carbocycles. The topological polar surface area (TPSA) is 68.1 Å². The largest absolute Gasteiger partial charge is 0.478 e. The van der Waals surface area contributed by atoms with E-state index in [1.54, 1.807) is 6.92 Å². The van der Waals surface area contributed by atoms with Gasteiger partial charge in [-0.05, 0) is 42.3 Å². The van der Waals surface area contributed by atoms with E-state index in [0.29, 0.717) is 11.3 Å². The van der Waals surface area contributed by atoms with Crippen molar-refractivity contribution < 1.29 is 37.0 Å². The molecule has 1 N–H and O–H groups in total. The number of hydrogen-bond acceptors (Lipinski definition) is 4.